The lowest BCUT2D eigenvalue weighted by Gasteiger charge is -2.42. The highest BCUT2D eigenvalue weighted by Gasteiger charge is 2.43. The van der Waals surface area contributed by atoms with Gasteiger partial charge in [-0.25, -0.2) is 0 Å². The molecule has 1 saturated carbocycles. The van der Waals surface area contributed by atoms with Crippen molar-refractivity contribution >= 4 is 11.8 Å². The van der Waals surface area contributed by atoms with Crippen LogP contribution in [0, 0.1) is 11.3 Å². The van der Waals surface area contributed by atoms with Gasteiger partial charge in [0.05, 0.1) is 5.41 Å². The van der Waals surface area contributed by atoms with Crippen molar-refractivity contribution in [2.45, 2.75) is 71.3 Å². The van der Waals surface area contributed by atoms with Crippen LogP contribution in [0.1, 0.15) is 64.4 Å². The van der Waals surface area contributed by atoms with Crippen molar-refractivity contribution < 1.29 is 9.59 Å². The molecule has 1 N–H and O–H groups in total. The first-order valence-electron chi connectivity index (χ1n) is 12.6. The first-order chi connectivity index (χ1) is 16.0. The Morgan fingerprint density at radius 2 is 1.70 bits per heavy atom. The summed E-state index contributed by atoms with van der Waals surface area (Å²) in [6.07, 6.45) is 11.3. The summed E-state index contributed by atoms with van der Waals surface area (Å²) in [5, 5.41) is 3.19. The predicted octanol–water partition coefficient (Wildman–Crippen LogP) is 5.00. The summed E-state index contributed by atoms with van der Waals surface area (Å²) in [5.74, 6) is 0.611. The van der Waals surface area contributed by atoms with Gasteiger partial charge in [-0.3, -0.25) is 14.6 Å². The second-order valence-corrected chi connectivity index (χ2v) is 10.1. The van der Waals surface area contributed by atoms with Crippen LogP contribution in [0.3, 0.4) is 0 Å². The topological polar surface area (TPSA) is 62.3 Å². The van der Waals surface area contributed by atoms with Crippen LogP contribution in [-0.2, 0) is 16.0 Å². The van der Waals surface area contributed by atoms with E-state index in [1.807, 2.05) is 49.3 Å². The Bertz CT molecular complexity index is 943. The van der Waals surface area contributed by atoms with Crippen LogP contribution < -0.4 is 5.32 Å². The van der Waals surface area contributed by atoms with Crippen LogP contribution in [0.2, 0.25) is 0 Å². The Labute approximate surface area is 198 Å². The molecule has 1 saturated heterocycles. The summed E-state index contributed by atoms with van der Waals surface area (Å²) in [6.45, 7) is 5.35. The molecule has 2 heterocycles. The molecule has 176 valence electrons. The highest BCUT2D eigenvalue weighted by atomic mass is 16.2. The van der Waals surface area contributed by atoms with Gasteiger partial charge < -0.3 is 10.2 Å². The van der Waals surface area contributed by atoms with Gasteiger partial charge in [0.25, 0.3) is 0 Å². The number of benzene rings is 1. The van der Waals surface area contributed by atoms with Gasteiger partial charge in [0.15, 0.2) is 0 Å². The van der Waals surface area contributed by atoms with E-state index in [4.69, 9.17) is 0 Å². The van der Waals surface area contributed by atoms with Crippen molar-refractivity contribution in [1.29, 1.82) is 0 Å². The third kappa shape index (κ3) is 5.45. The van der Waals surface area contributed by atoms with Gasteiger partial charge in [0.1, 0.15) is 0 Å². The number of hydrogen-bond acceptors (Lipinski definition) is 3. The van der Waals surface area contributed by atoms with Gasteiger partial charge in [0.2, 0.25) is 11.8 Å². The minimum absolute atomic E-state index is 0.0896. The Balaban J connectivity index is 1.56. The number of likely N-dealkylation sites (tertiary alicyclic amines) is 1. The molecule has 1 aromatic heterocycles. The summed E-state index contributed by atoms with van der Waals surface area (Å²) in [7, 11) is 0. The largest absolute Gasteiger partial charge is 0.353 e. The van der Waals surface area contributed by atoms with Crippen LogP contribution in [0.25, 0.3) is 11.1 Å². The molecule has 0 bridgehead atoms. The van der Waals surface area contributed by atoms with Crippen molar-refractivity contribution in [2.24, 2.45) is 11.3 Å². The zero-order chi connectivity index (χ0) is 23.3. The summed E-state index contributed by atoms with van der Waals surface area (Å²) < 4.78 is 0. The lowest BCUT2D eigenvalue weighted by molar-refractivity contribution is -0.144. The number of piperidine rings is 1. The van der Waals surface area contributed by atoms with Crippen molar-refractivity contribution in [2.75, 3.05) is 13.1 Å². The zero-order valence-electron chi connectivity index (χ0n) is 20.1. The first-order valence-corrected chi connectivity index (χ1v) is 12.6. The van der Waals surface area contributed by atoms with E-state index in [9.17, 15) is 9.59 Å². The van der Waals surface area contributed by atoms with Gasteiger partial charge in [0, 0.05) is 37.4 Å². The fraction of sp³-hybridized carbons (Fsp3) is 0.536. The Hall–Kier alpha value is -2.69. The van der Waals surface area contributed by atoms with Gasteiger partial charge in [-0.1, -0.05) is 43.5 Å². The van der Waals surface area contributed by atoms with Crippen LogP contribution in [-0.4, -0.2) is 40.8 Å². The normalized spacial score (nSPS) is 18.8. The van der Waals surface area contributed by atoms with E-state index < -0.39 is 5.41 Å². The summed E-state index contributed by atoms with van der Waals surface area (Å²) in [4.78, 5) is 32.9. The van der Waals surface area contributed by atoms with E-state index in [1.165, 1.54) is 12.0 Å². The van der Waals surface area contributed by atoms with Crippen LogP contribution in [0.4, 0.5) is 0 Å². The molecule has 0 radical (unpaired) electrons. The molecule has 5 nitrogen and oxygen atoms in total. The number of rotatable bonds is 6. The lowest BCUT2D eigenvalue weighted by Crippen LogP contribution is -2.53. The molecular formula is C28H37N3O2. The average molecular weight is 448 g/mol. The average Bonchev–Trinajstić information content (AvgIpc) is 2.85. The number of pyridine rings is 1. The van der Waals surface area contributed by atoms with E-state index in [2.05, 4.69) is 28.5 Å². The molecule has 0 unspecified atom stereocenters. The molecule has 0 atom stereocenters. The lowest BCUT2D eigenvalue weighted by atomic mass is 9.71. The molecule has 0 spiro atoms. The monoisotopic (exact) mass is 447 g/mol. The second-order valence-electron chi connectivity index (χ2n) is 10.1. The fourth-order valence-corrected chi connectivity index (χ4v) is 5.51. The highest BCUT2D eigenvalue weighted by Crippen LogP contribution is 2.39. The number of nitrogens with zero attached hydrogens (tertiary/aromatic N) is 2. The van der Waals surface area contributed by atoms with E-state index in [0.717, 1.165) is 36.8 Å². The van der Waals surface area contributed by atoms with Crippen LogP contribution >= 0.6 is 0 Å². The molecule has 1 aliphatic heterocycles. The highest BCUT2D eigenvalue weighted by molar-refractivity contribution is 5.85. The van der Waals surface area contributed by atoms with Gasteiger partial charge in [-0.05, 0) is 74.8 Å². The Morgan fingerprint density at radius 3 is 2.36 bits per heavy atom. The number of hydrogen-bond donors (Lipinski definition) is 1. The molecule has 1 aromatic carbocycles. The van der Waals surface area contributed by atoms with E-state index in [0.29, 0.717) is 38.3 Å². The smallest absolute Gasteiger partial charge is 0.226 e. The molecule has 33 heavy (non-hydrogen) atoms. The third-order valence-electron chi connectivity index (χ3n) is 7.43. The van der Waals surface area contributed by atoms with Gasteiger partial charge in [-0.2, -0.15) is 0 Å². The second kappa shape index (κ2) is 10.5. The summed E-state index contributed by atoms with van der Waals surface area (Å²) in [5.41, 5.74) is 2.94. The molecule has 2 fully saturated rings. The zero-order valence-corrected chi connectivity index (χ0v) is 20.1. The quantitative estimate of drug-likeness (QED) is 0.677. The third-order valence-corrected chi connectivity index (χ3v) is 7.43. The number of carbonyl (C=O) groups is 2. The van der Waals surface area contributed by atoms with E-state index in [-0.39, 0.29) is 17.9 Å². The molecule has 2 aliphatic rings. The van der Waals surface area contributed by atoms with Crippen molar-refractivity contribution in [3.63, 3.8) is 0 Å². The predicted molar refractivity (Wildman–Crippen MR) is 131 cm³/mol. The standard InChI is InChI=1S/C28H37N3O2/c1-21(2)30-27(33)28(14-18-31(19-15-28)26(32)23-8-4-3-5-9-23)20-24-10-6-7-11-25(24)22-12-16-29-17-13-22/h6-7,10-13,16-17,21,23H,3-5,8-9,14-15,18-20H2,1-2H3,(H,30,33). The molecule has 2 amide bonds. The fourth-order valence-electron chi connectivity index (χ4n) is 5.51. The maximum atomic E-state index is 13.5. The van der Waals surface area contributed by atoms with E-state index in [1.54, 1.807) is 0 Å². The summed E-state index contributed by atoms with van der Waals surface area (Å²) in [6, 6.07) is 12.5. The summed E-state index contributed by atoms with van der Waals surface area (Å²) >= 11 is 0. The number of nitrogens with one attached hydrogen (secondary N) is 1. The van der Waals surface area contributed by atoms with Crippen molar-refractivity contribution in [3.05, 3.63) is 54.4 Å². The molecule has 5 heteroatoms. The van der Waals surface area contributed by atoms with Gasteiger partial charge in [-0.15, -0.1) is 0 Å². The minimum atomic E-state index is -0.503. The van der Waals surface area contributed by atoms with E-state index >= 15 is 0 Å². The Morgan fingerprint density at radius 1 is 1.03 bits per heavy atom. The molecule has 4 rings (SSSR count). The molecule has 2 aromatic rings. The van der Waals surface area contributed by atoms with Crippen LogP contribution in [0.5, 0.6) is 0 Å². The number of amides is 2. The number of carbonyl (C=O) groups excluding carboxylic acids is 2. The molecule has 1 aliphatic carbocycles. The maximum Gasteiger partial charge on any atom is 0.226 e. The van der Waals surface area contributed by atoms with Crippen molar-refractivity contribution in [1.82, 2.24) is 15.2 Å². The SMILES string of the molecule is CC(C)NC(=O)C1(Cc2ccccc2-c2ccncc2)CCN(C(=O)C2CCCCC2)CC1. The maximum absolute atomic E-state index is 13.5. The Kier molecular flexibility index (Phi) is 7.46. The molecular weight excluding hydrogens is 410 g/mol. The first kappa shape index (κ1) is 23.5. The number of aromatic nitrogens is 1. The van der Waals surface area contributed by atoms with Gasteiger partial charge >= 0.3 is 0 Å². The van der Waals surface area contributed by atoms with Crippen LogP contribution in [0.15, 0.2) is 48.8 Å². The minimum Gasteiger partial charge on any atom is -0.353 e. The van der Waals surface area contributed by atoms with Crippen molar-refractivity contribution in [3.8, 4) is 11.1 Å².